The molecule has 0 aliphatic rings. The summed E-state index contributed by atoms with van der Waals surface area (Å²) in [4.78, 5) is 12.1. The van der Waals surface area contributed by atoms with Gasteiger partial charge in [-0.2, -0.15) is 5.26 Å². The molecule has 0 fully saturated rings. The standard InChI is InChI=1S/C21H22N2O3/c1-4-26-19-11-7-16(13-20(19)25-3)8-12-21(24)23-15(2)18-9-5-17(14-22)6-10-18/h5-13,15H,4H2,1-3H3,(H,23,24)/b12-8+. The van der Waals surface area contributed by atoms with E-state index in [1.54, 1.807) is 25.3 Å². The molecule has 2 aromatic rings. The first-order chi connectivity index (χ1) is 12.6. The predicted molar refractivity (Wildman–Crippen MR) is 101 cm³/mol. The van der Waals surface area contributed by atoms with Gasteiger partial charge in [-0.25, -0.2) is 0 Å². The Kier molecular flexibility index (Phi) is 6.81. The van der Waals surface area contributed by atoms with E-state index in [0.29, 0.717) is 23.7 Å². The fourth-order valence-electron chi connectivity index (χ4n) is 2.43. The van der Waals surface area contributed by atoms with Crippen molar-refractivity contribution in [3.8, 4) is 17.6 Å². The van der Waals surface area contributed by atoms with E-state index < -0.39 is 0 Å². The molecule has 0 bridgehead atoms. The molecule has 0 heterocycles. The van der Waals surface area contributed by atoms with E-state index in [4.69, 9.17) is 14.7 Å². The molecule has 2 aromatic carbocycles. The maximum atomic E-state index is 12.1. The van der Waals surface area contributed by atoms with Crippen molar-refractivity contribution in [2.45, 2.75) is 19.9 Å². The van der Waals surface area contributed by atoms with Gasteiger partial charge in [-0.15, -0.1) is 0 Å². The number of nitrogens with one attached hydrogen (secondary N) is 1. The van der Waals surface area contributed by atoms with Gasteiger partial charge in [0, 0.05) is 6.08 Å². The van der Waals surface area contributed by atoms with Crippen LogP contribution in [0.4, 0.5) is 0 Å². The van der Waals surface area contributed by atoms with Gasteiger partial charge in [0.2, 0.25) is 5.91 Å². The van der Waals surface area contributed by atoms with Gasteiger partial charge in [0.1, 0.15) is 0 Å². The largest absolute Gasteiger partial charge is 0.493 e. The van der Waals surface area contributed by atoms with Crippen LogP contribution in [0.25, 0.3) is 6.08 Å². The molecule has 134 valence electrons. The Balaban J connectivity index is 2.01. The average molecular weight is 350 g/mol. The van der Waals surface area contributed by atoms with E-state index in [0.717, 1.165) is 11.1 Å². The number of carbonyl (C=O) groups excluding carboxylic acids is 1. The summed E-state index contributed by atoms with van der Waals surface area (Å²) < 4.78 is 10.8. The second kappa shape index (κ2) is 9.28. The van der Waals surface area contributed by atoms with Crippen molar-refractivity contribution in [1.29, 1.82) is 5.26 Å². The molecule has 1 amide bonds. The quantitative estimate of drug-likeness (QED) is 0.770. The van der Waals surface area contributed by atoms with Crippen LogP contribution in [-0.4, -0.2) is 19.6 Å². The first-order valence-electron chi connectivity index (χ1n) is 8.36. The molecule has 1 atom stereocenters. The van der Waals surface area contributed by atoms with Crippen LogP contribution >= 0.6 is 0 Å². The Morgan fingerprint density at radius 3 is 2.58 bits per heavy atom. The van der Waals surface area contributed by atoms with Gasteiger partial charge in [-0.05, 0) is 55.3 Å². The number of benzene rings is 2. The summed E-state index contributed by atoms with van der Waals surface area (Å²) in [5.41, 5.74) is 2.37. The first kappa shape index (κ1) is 19.1. The van der Waals surface area contributed by atoms with Crippen LogP contribution in [0.15, 0.2) is 48.5 Å². The summed E-state index contributed by atoms with van der Waals surface area (Å²) in [5, 5.41) is 11.7. The molecule has 0 saturated carbocycles. The molecule has 0 spiro atoms. The number of nitrogens with zero attached hydrogens (tertiary/aromatic N) is 1. The second-order valence-electron chi connectivity index (χ2n) is 5.64. The third-order valence-electron chi connectivity index (χ3n) is 3.81. The number of carbonyl (C=O) groups is 1. The normalized spacial score (nSPS) is 11.6. The lowest BCUT2D eigenvalue weighted by Gasteiger charge is -2.13. The molecule has 5 nitrogen and oxygen atoms in total. The van der Waals surface area contributed by atoms with Crippen molar-refractivity contribution in [2.75, 3.05) is 13.7 Å². The maximum absolute atomic E-state index is 12.1. The van der Waals surface area contributed by atoms with Gasteiger partial charge in [-0.3, -0.25) is 4.79 Å². The zero-order valence-corrected chi connectivity index (χ0v) is 15.2. The lowest BCUT2D eigenvalue weighted by Crippen LogP contribution is -2.24. The summed E-state index contributed by atoms with van der Waals surface area (Å²) in [6.45, 7) is 4.36. The lowest BCUT2D eigenvalue weighted by molar-refractivity contribution is -0.117. The van der Waals surface area contributed by atoms with Crippen molar-refractivity contribution in [3.05, 3.63) is 65.2 Å². The highest BCUT2D eigenvalue weighted by atomic mass is 16.5. The van der Waals surface area contributed by atoms with Gasteiger partial charge < -0.3 is 14.8 Å². The van der Waals surface area contributed by atoms with E-state index in [1.165, 1.54) is 6.08 Å². The van der Waals surface area contributed by atoms with Crippen LogP contribution in [0.5, 0.6) is 11.5 Å². The Morgan fingerprint density at radius 2 is 1.96 bits per heavy atom. The van der Waals surface area contributed by atoms with Gasteiger partial charge >= 0.3 is 0 Å². The molecular formula is C21H22N2O3. The van der Waals surface area contributed by atoms with E-state index in [1.807, 2.05) is 44.2 Å². The average Bonchev–Trinajstić information content (AvgIpc) is 2.67. The molecule has 0 aromatic heterocycles. The highest BCUT2D eigenvalue weighted by Gasteiger charge is 2.08. The maximum Gasteiger partial charge on any atom is 0.244 e. The van der Waals surface area contributed by atoms with Gasteiger partial charge in [0.05, 0.1) is 31.4 Å². The van der Waals surface area contributed by atoms with Crippen LogP contribution < -0.4 is 14.8 Å². The van der Waals surface area contributed by atoms with Crippen LogP contribution in [0.2, 0.25) is 0 Å². The molecule has 0 saturated heterocycles. The smallest absolute Gasteiger partial charge is 0.244 e. The van der Waals surface area contributed by atoms with E-state index in [9.17, 15) is 4.79 Å². The summed E-state index contributed by atoms with van der Waals surface area (Å²) in [7, 11) is 1.58. The number of rotatable bonds is 7. The number of methoxy groups -OCH3 is 1. The monoisotopic (exact) mass is 350 g/mol. The van der Waals surface area contributed by atoms with Crippen molar-refractivity contribution in [3.63, 3.8) is 0 Å². The van der Waals surface area contributed by atoms with Crippen molar-refractivity contribution in [1.82, 2.24) is 5.32 Å². The number of hydrogen-bond acceptors (Lipinski definition) is 4. The van der Waals surface area contributed by atoms with Crippen molar-refractivity contribution >= 4 is 12.0 Å². The number of ether oxygens (including phenoxy) is 2. The molecule has 0 radical (unpaired) electrons. The second-order valence-corrected chi connectivity index (χ2v) is 5.64. The van der Waals surface area contributed by atoms with E-state index >= 15 is 0 Å². The highest BCUT2D eigenvalue weighted by Crippen LogP contribution is 2.28. The number of amides is 1. The molecule has 26 heavy (non-hydrogen) atoms. The molecule has 0 aliphatic heterocycles. The van der Waals surface area contributed by atoms with Crippen molar-refractivity contribution < 1.29 is 14.3 Å². The summed E-state index contributed by atoms with van der Waals surface area (Å²) >= 11 is 0. The number of hydrogen-bond donors (Lipinski definition) is 1. The Labute approximate surface area is 153 Å². The minimum atomic E-state index is -0.199. The molecule has 5 heteroatoms. The zero-order valence-electron chi connectivity index (χ0n) is 15.2. The first-order valence-corrected chi connectivity index (χ1v) is 8.36. The Bertz CT molecular complexity index is 820. The van der Waals surface area contributed by atoms with E-state index in [2.05, 4.69) is 11.4 Å². The summed E-state index contributed by atoms with van der Waals surface area (Å²) in [6.07, 6.45) is 3.20. The number of nitriles is 1. The zero-order chi connectivity index (χ0) is 18.9. The summed E-state index contributed by atoms with van der Waals surface area (Å²) in [6, 6.07) is 14.6. The topological polar surface area (TPSA) is 71.3 Å². The molecule has 0 aliphatic carbocycles. The molecule has 1 unspecified atom stereocenters. The van der Waals surface area contributed by atoms with E-state index in [-0.39, 0.29) is 11.9 Å². The minimum absolute atomic E-state index is 0.158. The Morgan fingerprint density at radius 1 is 1.23 bits per heavy atom. The van der Waals surface area contributed by atoms with Crippen LogP contribution in [-0.2, 0) is 4.79 Å². The fourth-order valence-corrected chi connectivity index (χ4v) is 2.43. The highest BCUT2D eigenvalue weighted by molar-refractivity contribution is 5.92. The van der Waals surface area contributed by atoms with Gasteiger partial charge in [0.25, 0.3) is 0 Å². The van der Waals surface area contributed by atoms with Crippen molar-refractivity contribution in [2.24, 2.45) is 0 Å². The minimum Gasteiger partial charge on any atom is -0.493 e. The summed E-state index contributed by atoms with van der Waals surface area (Å²) in [5.74, 6) is 1.10. The SMILES string of the molecule is CCOc1ccc(/C=C/C(=O)NC(C)c2ccc(C#N)cc2)cc1OC. The lowest BCUT2D eigenvalue weighted by atomic mass is 10.1. The Hall–Kier alpha value is -3.26. The van der Waals surface area contributed by atoms with Gasteiger partial charge in [0.15, 0.2) is 11.5 Å². The fraction of sp³-hybridized carbons (Fsp3) is 0.238. The van der Waals surface area contributed by atoms with Gasteiger partial charge in [-0.1, -0.05) is 18.2 Å². The van der Waals surface area contributed by atoms with Crippen LogP contribution in [0.3, 0.4) is 0 Å². The third-order valence-corrected chi connectivity index (χ3v) is 3.81. The van der Waals surface area contributed by atoms with Crippen LogP contribution in [0, 0.1) is 11.3 Å². The van der Waals surface area contributed by atoms with Crippen LogP contribution in [0.1, 0.15) is 36.6 Å². The third kappa shape index (κ3) is 5.12. The molecule has 2 rings (SSSR count). The predicted octanol–water partition coefficient (Wildman–Crippen LogP) is 3.86. The molecule has 1 N–H and O–H groups in total. The molecular weight excluding hydrogens is 328 g/mol.